The lowest BCUT2D eigenvalue weighted by Crippen LogP contribution is -2.65. The molecule has 1 heterocycles. The zero-order valence-electron chi connectivity index (χ0n) is 10.9. The summed E-state index contributed by atoms with van der Waals surface area (Å²) in [5.74, 6) is 0.480. The van der Waals surface area contributed by atoms with Crippen LogP contribution >= 0.6 is 0 Å². The third-order valence-electron chi connectivity index (χ3n) is 4.57. The van der Waals surface area contributed by atoms with Crippen LogP contribution in [0.4, 0.5) is 4.39 Å². The minimum atomic E-state index is -0.124. The van der Waals surface area contributed by atoms with E-state index in [1.165, 1.54) is 6.07 Å². The third kappa shape index (κ3) is 1.77. The average Bonchev–Trinajstić information content (AvgIpc) is 2.78. The van der Waals surface area contributed by atoms with E-state index in [9.17, 15) is 4.39 Å². The second kappa shape index (κ2) is 4.32. The minimum absolute atomic E-state index is 0.124. The molecule has 0 amide bonds. The second-order valence-electron chi connectivity index (χ2n) is 6.02. The fourth-order valence-electron chi connectivity index (χ4n) is 3.60. The summed E-state index contributed by atoms with van der Waals surface area (Å²) in [6.07, 6.45) is 1.51. The standard InChI is InChI=1S/C15H20FNO/c1-15(2)13(11-7-8-18-14(11)15)17-9-10-5-3-4-6-12(10)16/h3-6,11,13-14,17H,7-9H2,1-2H3. The quantitative estimate of drug-likeness (QED) is 0.889. The molecule has 0 spiro atoms. The lowest BCUT2D eigenvalue weighted by molar-refractivity contribution is -0.113. The van der Waals surface area contributed by atoms with E-state index in [2.05, 4.69) is 19.2 Å². The highest BCUT2D eigenvalue weighted by atomic mass is 19.1. The SMILES string of the molecule is CC1(C)C(NCc2ccccc2F)C2CCOC21. The van der Waals surface area contributed by atoms with Gasteiger partial charge in [-0.25, -0.2) is 4.39 Å². The molecule has 1 aromatic carbocycles. The fraction of sp³-hybridized carbons (Fsp3) is 0.600. The van der Waals surface area contributed by atoms with E-state index in [-0.39, 0.29) is 11.2 Å². The molecule has 1 aliphatic heterocycles. The number of hydrogen-bond acceptors (Lipinski definition) is 2. The van der Waals surface area contributed by atoms with Gasteiger partial charge in [0.05, 0.1) is 6.10 Å². The van der Waals surface area contributed by atoms with Gasteiger partial charge < -0.3 is 10.1 Å². The predicted octanol–water partition coefficient (Wildman–Crippen LogP) is 2.73. The van der Waals surface area contributed by atoms with Crippen LogP contribution < -0.4 is 5.32 Å². The van der Waals surface area contributed by atoms with Crippen LogP contribution in [0.15, 0.2) is 24.3 Å². The summed E-state index contributed by atoms with van der Waals surface area (Å²) in [6.45, 7) is 5.94. The van der Waals surface area contributed by atoms with Crippen LogP contribution in [-0.2, 0) is 11.3 Å². The van der Waals surface area contributed by atoms with Crippen molar-refractivity contribution < 1.29 is 9.13 Å². The molecule has 98 valence electrons. The Labute approximate surface area is 108 Å². The van der Waals surface area contributed by atoms with Gasteiger partial charge in [0.15, 0.2) is 0 Å². The zero-order chi connectivity index (χ0) is 12.8. The summed E-state index contributed by atoms with van der Waals surface area (Å²) >= 11 is 0. The Morgan fingerprint density at radius 3 is 2.94 bits per heavy atom. The molecule has 3 heteroatoms. The Kier molecular flexibility index (Phi) is 2.91. The summed E-state index contributed by atoms with van der Waals surface area (Å²) in [7, 11) is 0. The molecule has 2 fully saturated rings. The number of halogens is 1. The van der Waals surface area contributed by atoms with E-state index in [0.29, 0.717) is 24.6 Å². The largest absolute Gasteiger partial charge is 0.377 e. The first-order valence-electron chi connectivity index (χ1n) is 6.69. The van der Waals surface area contributed by atoms with Crippen LogP contribution in [0.1, 0.15) is 25.8 Å². The molecule has 3 atom stereocenters. The van der Waals surface area contributed by atoms with Gasteiger partial charge in [0.25, 0.3) is 0 Å². The van der Waals surface area contributed by atoms with Gasteiger partial charge in [-0.05, 0) is 12.5 Å². The molecule has 0 aromatic heterocycles. The van der Waals surface area contributed by atoms with Crippen molar-refractivity contribution in [2.24, 2.45) is 11.3 Å². The summed E-state index contributed by atoms with van der Waals surface area (Å²) in [4.78, 5) is 0. The van der Waals surface area contributed by atoms with Crippen molar-refractivity contribution in [3.63, 3.8) is 0 Å². The lowest BCUT2D eigenvalue weighted by Gasteiger charge is -2.55. The lowest BCUT2D eigenvalue weighted by atomic mass is 9.57. The summed E-state index contributed by atoms with van der Waals surface area (Å²) in [5.41, 5.74) is 0.905. The minimum Gasteiger partial charge on any atom is -0.377 e. The van der Waals surface area contributed by atoms with Gasteiger partial charge in [-0.1, -0.05) is 32.0 Å². The van der Waals surface area contributed by atoms with Crippen molar-refractivity contribution in [2.75, 3.05) is 6.61 Å². The van der Waals surface area contributed by atoms with Crippen LogP contribution in [0, 0.1) is 17.2 Å². The number of rotatable bonds is 3. The van der Waals surface area contributed by atoms with E-state index in [0.717, 1.165) is 18.6 Å². The molecule has 18 heavy (non-hydrogen) atoms. The van der Waals surface area contributed by atoms with E-state index >= 15 is 0 Å². The van der Waals surface area contributed by atoms with Gasteiger partial charge in [0.2, 0.25) is 0 Å². The Balaban J connectivity index is 1.66. The monoisotopic (exact) mass is 249 g/mol. The van der Waals surface area contributed by atoms with E-state index < -0.39 is 0 Å². The number of fused-ring (bicyclic) bond motifs is 1. The van der Waals surface area contributed by atoms with Crippen LogP contribution in [-0.4, -0.2) is 18.8 Å². The van der Waals surface area contributed by atoms with E-state index in [4.69, 9.17) is 4.74 Å². The van der Waals surface area contributed by atoms with E-state index in [1.807, 2.05) is 12.1 Å². The molecular formula is C15H20FNO. The smallest absolute Gasteiger partial charge is 0.127 e. The molecule has 1 aliphatic carbocycles. The van der Waals surface area contributed by atoms with Gasteiger partial charge in [-0.15, -0.1) is 0 Å². The predicted molar refractivity (Wildman–Crippen MR) is 68.7 cm³/mol. The van der Waals surface area contributed by atoms with Crippen molar-refractivity contribution in [1.82, 2.24) is 5.32 Å². The zero-order valence-corrected chi connectivity index (χ0v) is 10.9. The molecule has 1 saturated heterocycles. The number of hydrogen-bond donors (Lipinski definition) is 1. The van der Waals surface area contributed by atoms with Crippen molar-refractivity contribution in [3.05, 3.63) is 35.6 Å². The maximum atomic E-state index is 13.6. The molecule has 3 unspecified atom stereocenters. The molecule has 0 radical (unpaired) electrons. The maximum Gasteiger partial charge on any atom is 0.127 e. The first-order valence-corrected chi connectivity index (χ1v) is 6.69. The molecule has 1 N–H and O–H groups in total. The summed E-state index contributed by atoms with van der Waals surface area (Å²) in [6, 6.07) is 7.41. The summed E-state index contributed by atoms with van der Waals surface area (Å²) < 4.78 is 19.3. The van der Waals surface area contributed by atoms with Crippen molar-refractivity contribution in [3.8, 4) is 0 Å². The Hall–Kier alpha value is -0.930. The topological polar surface area (TPSA) is 21.3 Å². The second-order valence-corrected chi connectivity index (χ2v) is 6.02. The molecular weight excluding hydrogens is 229 g/mol. The highest BCUT2D eigenvalue weighted by Crippen LogP contribution is 2.52. The van der Waals surface area contributed by atoms with Crippen LogP contribution in [0.5, 0.6) is 0 Å². The van der Waals surface area contributed by atoms with Crippen molar-refractivity contribution in [1.29, 1.82) is 0 Å². The van der Waals surface area contributed by atoms with Gasteiger partial charge in [-0.2, -0.15) is 0 Å². The average molecular weight is 249 g/mol. The Morgan fingerprint density at radius 1 is 1.39 bits per heavy atom. The molecule has 3 rings (SSSR count). The third-order valence-corrected chi connectivity index (χ3v) is 4.57. The number of ether oxygens (including phenoxy) is 1. The maximum absolute atomic E-state index is 13.6. The van der Waals surface area contributed by atoms with Crippen LogP contribution in [0.3, 0.4) is 0 Å². The van der Waals surface area contributed by atoms with Crippen molar-refractivity contribution >= 4 is 0 Å². The molecule has 2 nitrogen and oxygen atoms in total. The van der Waals surface area contributed by atoms with Gasteiger partial charge in [0.1, 0.15) is 5.82 Å². The molecule has 0 bridgehead atoms. The number of benzene rings is 1. The number of nitrogens with one attached hydrogen (secondary N) is 1. The first-order chi connectivity index (χ1) is 8.60. The highest BCUT2D eigenvalue weighted by Gasteiger charge is 2.58. The van der Waals surface area contributed by atoms with Crippen molar-refractivity contribution in [2.45, 2.75) is 39.0 Å². The molecule has 2 aliphatic rings. The summed E-state index contributed by atoms with van der Waals surface area (Å²) in [5, 5.41) is 3.52. The Bertz CT molecular complexity index is 446. The molecule has 1 saturated carbocycles. The molecule has 1 aromatic rings. The van der Waals surface area contributed by atoms with Crippen LogP contribution in [0.2, 0.25) is 0 Å². The highest BCUT2D eigenvalue weighted by molar-refractivity contribution is 5.18. The van der Waals surface area contributed by atoms with Crippen LogP contribution in [0.25, 0.3) is 0 Å². The normalized spacial score (nSPS) is 32.9. The van der Waals surface area contributed by atoms with Gasteiger partial charge in [0, 0.05) is 36.1 Å². The fourth-order valence-corrected chi connectivity index (χ4v) is 3.60. The first kappa shape index (κ1) is 12.1. The van der Waals surface area contributed by atoms with Gasteiger partial charge >= 0.3 is 0 Å². The van der Waals surface area contributed by atoms with E-state index in [1.54, 1.807) is 6.07 Å². The van der Waals surface area contributed by atoms with Gasteiger partial charge in [-0.3, -0.25) is 0 Å². The Morgan fingerprint density at radius 2 is 2.17 bits per heavy atom.